The Balaban J connectivity index is 2.79. The molecule has 0 atom stereocenters. The minimum absolute atomic E-state index is 0.508. The van der Waals surface area contributed by atoms with Crippen LogP contribution in [0.15, 0.2) is 18.2 Å². The van der Waals surface area contributed by atoms with Gasteiger partial charge in [-0.05, 0) is 31.4 Å². The lowest BCUT2D eigenvalue weighted by molar-refractivity contribution is 0.337. The van der Waals surface area contributed by atoms with Gasteiger partial charge in [-0.2, -0.15) is 0 Å². The number of ether oxygens (including phenoxy) is 1. The highest BCUT2D eigenvalue weighted by Gasteiger charge is 2.03. The number of rotatable bonds is 6. The predicted octanol–water partition coefficient (Wildman–Crippen LogP) is 4.15. The lowest BCUT2D eigenvalue weighted by Gasteiger charge is -2.10. The van der Waals surface area contributed by atoms with E-state index in [0.717, 1.165) is 29.5 Å². The van der Waals surface area contributed by atoms with Gasteiger partial charge in [0.05, 0.1) is 12.5 Å². The minimum Gasteiger partial charge on any atom is -0.494 e. The van der Waals surface area contributed by atoms with Gasteiger partial charge in [-0.15, -0.1) is 11.6 Å². The Bertz CT molecular complexity index is 302. The average Bonchev–Trinajstić information content (AvgIpc) is 2.27. The summed E-state index contributed by atoms with van der Waals surface area (Å²) in [7, 11) is 0. The molecule has 1 rings (SSSR count). The molecule has 0 saturated heterocycles. The summed E-state index contributed by atoms with van der Waals surface area (Å²) < 4.78 is 5.55. The van der Waals surface area contributed by atoms with Crippen LogP contribution in [0.3, 0.4) is 0 Å². The van der Waals surface area contributed by atoms with Crippen LogP contribution in [-0.4, -0.2) is 11.9 Å². The van der Waals surface area contributed by atoms with Crippen molar-refractivity contribution < 1.29 is 4.74 Å². The molecular weight excluding hydrogens is 275 g/mol. The first-order valence-corrected chi connectivity index (χ1v) is 6.84. The van der Waals surface area contributed by atoms with Gasteiger partial charge in [-0.1, -0.05) is 28.1 Å². The van der Waals surface area contributed by atoms with E-state index in [-0.39, 0.29) is 0 Å². The molecule has 15 heavy (non-hydrogen) atoms. The fourth-order valence-electron chi connectivity index (χ4n) is 1.43. The summed E-state index contributed by atoms with van der Waals surface area (Å²) in [5, 5.41) is 1.04. The summed E-state index contributed by atoms with van der Waals surface area (Å²) in [5.41, 5.74) is 2.38. The van der Waals surface area contributed by atoms with Gasteiger partial charge in [0.2, 0.25) is 0 Å². The van der Waals surface area contributed by atoms with E-state index in [0.29, 0.717) is 12.5 Å². The van der Waals surface area contributed by atoms with Crippen molar-refractivity contribution in [3.63, 3.8) is 0 Å². The third-order valence-electron chi connectivity index (χ3n) is 2.17. The molecule has 84 valence electrons. The van der Waals surface area contributed by atoms with Gasteiger partial charge in [0, 0.05) is 10.9 Å². The van der Waals surface area contributed by atoms with E-state index in [9.17, 15) is 0 Å². The van der Waals surface area contributed by atoms with Crippen molar-refractivity contribution in [2.45, 2.75) is 25.6 Å². The number of alkyl halides is 2. The number of benzene rings is 1. The molecule has 0 aliphatic heterocycles. The summed E-state index contributed by atoms with van der Waals surface area (Å²) in [4.78, 5) is 0. The van der Waals surface area contributed by atoms with Gasteiger partial charge in [0.25, 0.3) is 0 Å². The van der Waals surface area contributed by atoms with Crippen LogP contribution < -0.4 is 4.74 Å². The molecular formula is C12H16BrClO. The Kier molecular flexibility index (Phi) is 6.11. The Morgan fingerprint density at radius 1 is 1.40 bits per heavy atom. The van der Waals surface area contributed by atoms with Crippen LogP contribution in [0.25, 0.3) is 0 Å². The highest BCUT2D eigenvalue weighted by Crippen LogP contribution is 2.23. The summed E-state index contributed by atoms with van der Waals surface area (Å²) in [6, 6.07) is 6.29. The molecule has 1 aromatic carbocycles. The Morgan fingerprint density at radius 3 is 2.80 bits per heavy atom. The molecule has 0 amide bonds. The van der Waals surface area contributed by atoms with E-state index in [4.69, 9.17) is 16.3 Å². The molecule has 0 spiro atoms. The molecule has 0 saturated carbocycles. The first kappa shape index (κ1) is 12.9. The normalized spacial score (nSPS) is 10.3. The predicted molar refractivity (Wildman–Crippen MR) is 69.3 cm³/mol. The maximum atomic E-state index is 5.84. The lowest BCUT2D eigenvalue weighted by atomic mass is 10.1. The van der Waals surface area contributed by atoms with Gasteiger partial charge in [-0.3, -0.25) is 0 Å². The van der Waals surface area contributed by atoms with Crippen molar-refractivity contribution in [3.8, 4) is 5.75 Å². The SMILES string of the molecule is CCOc1cc(CCCBr)ccc1CCl. The van der Waals surface area contributed by atoms with Gasteiger partial charge < -0.3 is 4.74 Å². The fraction of sp³-hybridized carbons (Fsp3) is 0.500. The van der Waals surface area contributed by atoms with Crippen molar-refractivity contribution in [1.29, 1.82) is 0 Å². The van der Waals surface area contributed by atoms with Crippen LogP contribution in [0.4, 0.5) is 0 Å². The van der Waals surface area contributed by atoms with Gasteiger partial charge in [-0.25, -0.2) is 0 Å². The number of hydrogen-bond acceptors (Lipinski definition) is 1. The molecule has 0 aliphatic rings. The number of hydrogen-bond donors (Lipinski definition) is 0. The summed E-state index contributed by atoms with van der Waals surface area (Å²) >= 11 is 9.27. The maximum absolute atomic E-state index is 5.84. The van der Waals surface area contributed by atoms with Gasteiger partial charge in [0.15, 0.2) is 0 Å². The minimum atomic E-state index is 0.508. The second-order valence-electron chi connectivity index (χ2n) is 3.30. The second-order valence-corrected chi connectivity index (χ2v) is 4.36. The van der Waals surface area contributed by atoms with Gasteiger partial charge in [0.1, 0.15) is 5.75 Å². The monoisotopic (exact) mass is 290 g/mol. The molecule has 0 fully saturated rings. The van der Waals surface area contributed by atoms with Crippen molar-refractivity contribution in [2.75, 3.05) is 11.9 Å². The first-order chi connectivity index (χ1) is 7.31. The van der Waals surface area contributed by atoms with E-state index in [1.54, 1.807) is 0 Å². The van der Waals surface area contributed by atoms with Crippen molar-refractivity contribution in [3.05, 3.63) is 29.3 Å². The van der Waals surface area contributed by atoms with Crippen LogP contribution >= 0.6 is 27.5 Å². The van der Waals surface area contributed by atoms with E-state index in [1.807, 2.05) is 6.92 Å². The lowest BCUT2D eigenvalue weighted by Crippen LogP contribution is -1.97. The third kappa shape index (κ3) is 4.04. The Morgan fingerprint density at radius 2 is 2.20 bits per heavy atom. The first-order valence-electron chi connectivity index (χ1n) is 5.18. The average molecular weight is 292 g/mol. The van der Waals surface area contributed by atoms with Crippen molar-refractivity contribution in [1.82, 2.24) is 0 Å². The summed E-state index contributed by atoms with van der Waals surface area (Å²) in [6.07, 6.45) is 2.22. The fourth-order valence-corrected chi connectivity index (χ4v) is 1.93. The zero-order valence-corrected chi connectivity index (χ0v) is 11.3. The van der Waals surface area contributed by atoms with Crippen molar-refractivity contribution in [2.24, 2.45) is 0 Å². The van der Waals surface area contributed by atoms with E-state index < -0.39 is 0 Å². The molecule has 1 aromatic rings. The zero-order chi connectivity index (χ0) is 11.1. The molecule has 0 heterocycles. The summed E-state index contributed by atoms with van der Waals surface area (Å²) in [5.74, 6) is 1.44. The van der Waals surface area contributed by atoms with E-state index in [2.05, 4.69) is 34.1 Å². The number of halogens is 2. The van der Waals surface area contributed by atoms with E-state index in [1.165, 1.54) is 5.56 Å². The Labute approximate surface area is 105 Å². The second kappa shape index (κ2) is 7.13. The molecule has 0 aliphatic carbocycles. The Hall–Kier alpha value is -0.210. The quantitative estimate of drug-likeness (QED) is 0.715. The molecule has 3 heteroatoms. The van der Waals surface area contributed by atoms with Crippen LogP contribution in [0.5, 0.6) is 5.75 Å². The molecule has 0 radical (unpaired) electrons. The van der Waals surface area contributed by atoms with Crippen LogP contribution in [-0.2, 0) is 12.3 Å². The molecule has 1 nitrogen and oxygen atoms in total. The highest BCUT2D eigenvalue weighted by molar-refractivity contribution is 9.09. The summed E-state index contributed by atoms with van der Waals surface area (Å²) in [6.45, 7) is 2.68. The maximum Gasteiger partial charge on any atom is 0.123 e. The molecule has 0 unspecified atom stereocenters. The van der Waals surface area contributed by atoms with Gasteiger partial charge >= 0.3 is 0 Å². The highest BCUT2D eigenvalue weighted by atomic mass is 79.9. The topological polar surface area (TPSA) is 9.23 Å². The third-order valence-corrected chi connectivity index (χ3v) is 3.02. The van der Waals surface area contributed by atoms with Crippen molar-refractivity contribution >= 4 is 27.5 Å². The zero-order valence-electron chi connectivity index (χ0n) is 8.93. The standard InChI is InChI=1S/C12H16BrClO/c1-2-15-12-8-10(4-3-7-13)5-6-11(12)9-14/h5-6,8H,2-4,7,9H2,1H3. The molecule has 0 bridgehead atoms. The van der Waals surface area contributed by atoms with Crippen LogP contribution in [0.1, 0.15) is 24.5 Å². The largest absolute Gasteiger partial charge is 0.494 e. The van der Waals surface area contributed by atoms with Crippen LogP contribution in [0.2, 0.25) is 0 Å². The van der Waals surface area contributed by atoms with Crippen LogP contribution in [0, 0.1) is 0 Å². The number of aryl methyl sites for hydroxylation is 1. The smallest absolute Gasteiger partial charge is 0.123 e. The van der Waals surface area contributed by atoms with E-state index >= 15 is 0 Å². The molecule has 0 aromatic heterocycles. The molecule has 0 N–H and O–H groups in total.